The smallest absolute Gasteiger partial charge is 0.108 e. The zero-order valence-electron chi connectivity index (χ0n) is 21.5. The molecule has 0 bridgehead atoms. The number of quaternary nitrogens is 1. The van der Waals surface area contributed by atoms with Crippen molar-refractivity contribution >= 4 is 28.0 Å². The van der Waals surface area contributed by atoms with Crippen LogP contribution in [-0.4, -0.2) is 24.8 Å². The van der Waals surface area contributed by atoms with Crippen molar-refractivity contribution in [2.24, 2.45) is 0 Å². The first-order chi connectivity index (χ1) is 16.5. The molecule has 0 saturated heterocycles. The van der Waals surface area contributed by atoms with Crippen LogP contribution in [0.2, 0.25) is 0 Å². The van der Waals surface area contributed by atoms with Gasteiger partial charge in [0.15, 0.2) is 0 Å². The molecular formula is C32H40BN. The van der Waals surface area contributed by atoms with Crippen LogP contribution in [-0.2, 0) is 0 Å². The minimum absolute atomic E-state index is 0.773. The molecule has 0 fully saturated rings. The molecule has 0 aromatic heterocycles. The van der Waals surface area contributed by atoms with Gasteiger partial charge in [0.25, 0.3) is 0 Å². The minimum Gasteiger partial charge on any atom is -0.331 e. The summed E-state index contributed by atoms with van der Waals surface area (Å²) in [5.41, 5.74) is 5.36. The van der Waals surface area contributed by atoms with Crippen LogP contribution >= 0.6 is 0 Å². The Morgan fingerprint density at radius 3 is 0.853 bits per heavy atom. The third kappa shape index (κ3) is 5.69. The first-order valence-corrected chi connectivity index (χ1v) is 12.7. The molecule has 0 aliphatic heterocycles. The normalized spacial score (nSPS) is 11.4. The first-order valence-electron chi connectivity index (χ1n) is 12.7. The zero-order valence-corrected chi connectivity index (χ0v) is 21.5. The molecule has 0 radical (unpaired) electrons. The van der Waals surface area contributed by atoms with Crippen LogP contribution in [0.25, 0.3) is 0 Å². The van der Waals surface area contributed by atoms with Gasteiger partial charge in [0, 0.05) is 0 Å². The minimum atomic E-state index is -1.22. The maximum Gasteiger partial charge on any atom is 0.108 e. The van der Waals surface area contributed by atoms with Gasteiger partial charge in [-0.1, -0.05) is 121 Å². The second-order valence-corrected chi connectivity index (χ2v) is 9.75. The third-order valence-electron chi connectivity index (χ3n) is 7.09. The van der Waals surface area contributed by atoms with E-state index >= 15 is 0 Å². The van der Waals surface area contributed by atoms with Gasteiger partial charge in [0.2, 0.25) is 0 Å². The van der Waals surface area contributed by atoms with Crippen molar-refractivity contribution in [2.75, 3.05) is 6.54 Å². The molecule has 0 atom stereocenters. The lowest BCUT2D eigenvalue weighted by Gasteiger charge is -2.44. The van der Waals surface area contributed by atoms with Crippen LogP contribution in [0.5, 0.6) is 0 Å². The highest BCUT2D eigenvalue weighted by atomic mass is 15.2. The molecule has 1 N–H and O–H groups in total. The van der Waals surface area contributed by atoms with Crippen LogP contribution < -0.4 is 26.8 Å². The van der Waals surface area contributed by atoms with E-state index < -0.39 is 6.15 Å². The predicted molar refractivity (Wildman–Crippen MR) is 152 cm³/mol. The Labute approximate surface area is 207 Å². The summed E-state index contributed by atoms with van der Waals surface area (Å²) >= 11 is 0. The molecule has 4 rings (SSSR count). The monoisotopic (exact) mass is 449 g/mol. The standard InChI is InChI=1S/C24H20B.C8H19N/c1-5-13-21(14-6-1)25(22-15-7-2-8-16-22,23-17-9-3-10-18-23)24-19-11-4-12-20-24;1-6-9(7(2)3)8(4)5/h1-20H;7-8H,6H2,1-5H3/q-1;/p+1. The van der Waals surface area contributed by atoms with E-state index in [1.165, 1.54) is 28.4 Å². The van der Waals surface area contributed by atoms with Crippen molar-refractivity contribution in [3.05, 3.63) is 121 Å². The zero-order chi connectivity index (χ0) is 24.4. The Kier molecular flexibility index (Phi) is 9.30. The summed E-state index contributed by atoms with van der Waals surface area (Å²) in [4.78, 5) is 1.69. The SMILES string of the molecule is CC[NH+](C(C)C)C(C)C.c1ccc([B-](c2ccccc2)(c2ccccc2)c2ccccc2)cc1. The Morgan fingerprint density at radius 1 is 0.471 bits per heavy atom. The van der Waals surface area contributed by atoms with E-state index in [2.05, 4.69) is 156 Å². The number of benzene rings is 4. The van der Waals surface area contributed by atoms with Gasteiger partial charge in [-0.05, 0) is 34.6 Å². The second-order valence-electron chi connectivity index (χ2n) is 9.75. The molecule has 4 aromatic rings. The van der Waals surface area contributed by atoms with Crippen LogP contribution in [0.4, 0.5) is 0 Å². The Hall–Kier alpha value is -3.10. The van der Waals surface area contributed by atoms with Gasteiger partial charge in [-0.25, -0.2) is 0 Å². The average molecular weight is 449 g/mol. The Morgan fingerprint density at radius 2 is 0.706 bits per heavy atom. The van der Waals surface area contributed by atoms with E-state index in [0.29, 0.717) is 0 Å². The molecule has 2 heteroatoms. The Balaban J connectivity index is 0.000000309. The van der Waals surface area contributed by atoms with Crippen LogP contribution in [0.3, 0.4) is 0 Å². The van der Waals surface area contributed by atoms with E-state index in [0.717, 1.165) is 12.1 Å². The van der Waals surface area contributed by atoms with Crippen molar-refractivity contribution in [2.45, 2.75) is 46.7 Å². The summed E-state index contributed by atoms with van der Waals surface area (Å²) in [5, 5.41) is 0. The third-order valence-corrected chi connectivity index (χ3v) is 7.09. The number of hydrogen-bond donors (Lipinski definition) is 1. The molecule has 34 heavy (non-hydrogen) atoms. The van der Waals surface area contributed by atoms with E-state index in [-0.39, 0.29) is 0 Å². The van der Waals surface area contributed by atoms with Crippen molar-refractivity contribution in [1.82, 2.24) is 0 Å². The topological polar surface area (TPSA) is 4.44 Å². The molecule has 0 unspecified atom stereocenters. The van der Waals surface area contributed by atoms with Gasteiger partial charge in [-0.15, -0.1) is 0 Å². The van der Waals surface area contributed by atoms with E-state index in [4.69, 9.17) is 0 Å². The molecule has 0 heterocycles. The van der Waals surface area contributed by atoms with Gasteiger partial charge in [0.1, 0.15) is 6.15 Å². The number of hydrogen-bond acceptors (Lipinski definition) is 0. The Bertz CT molecular complexity index is 905. The van der Waals surface area contributed by atoms with Gasteiger partial charge in [-0.3, -0.25) is 0 Å². The van der Waals surface area contributed by atoms with Crippen LogP contribution in [0, 0.1) is 0 Å². The molecule has 0 saturated carbocycles. The first kappa shape index (κ1) is 25.5. The number of nitrogens with one attached hydrogen (secondary N) is 1. The lowest BCUT2D eigenvalue weighted by Crippen LogP contribution is -3.17. The summed E-state index contributed by atoms with van der Waals surface area (Å²) in [6.45, 7) is 12.6. The fourth-order valence-corrected chi connectivity index (χ4v) is 5.60. The maximum absolute atomic E-state index is 2.28. The van der Waals surface area contributed by atoms with Crippen molar-refractivity contribution in [3.8, 4) is 0 Å². The van der Waals surface area contributed by atoms with Gasteiger partial charge in [-0.2, -0.15) is 21.9 Å². The molecule has 4 aromatic carbocycles. The van der Waals surface area contributed by atoms with E-state index in [9.17, 15) is 0 Å². The van der Waals surface area contributed by atoms with Crippen LogP contribution in [0.1, 0.15) is 34.6 Å². The quantitative estimate of drug-likeness (QED) is 0.410. The molecule has 0 amide bonds. The van der Waals surface area contributed by atoms with Crippen molar-refractivity contribution in [3.63, 3.8) is 0 Å². The maximum atomic E-state index is 2.28. The van der Waals surface area contributed by atoms with Crippen molar-refractivity contribution in [1.29, 1.82) is 0 Å². The lowest BCUT2D eigenvalue weighted by atomic mass is 9.13. The molecule has 1 nitrogen and oxygen atoms in total. The lowest BCUT2D eigenvalue weighted by molar-refractivity contribution is -0.940. The molecule has 0 spiro atoms. The van der Waals surface area contributed by atoms with Gasteiger partial charge < -0.3 is 4.90 Å². The fourth-order valence-electron chi connectivity index (χ4n) is 5.60. The molecular weight excluding hydrogens is 409 g/mol. The van der Waals surface area contributed by atoms with Gasteiger partial charge in [0.05, 0.1) is 18.6 Å². The molecule has 0 aliphatic rings. The summed E-state index contributed by atoms with van der Waals surface area (Å²) in [7, 11) is 0. The van der Waals surface area contributed by atoms with Crippen molar-refractivity contribution < 1.29 is 4.90 Å². The molecule has 0 aliphatic carbocycles. The number of rotatable bonds is 7. The highest BCUT2D eigenvalue weighted by molar-refractivity contribution is 7.19. The molecule has 176 valence electrons. The highest BCUT2D eigenvalue weighted by Gasteiger charge is 2.31. The summed E-state index contributed by atoms with van der Waals surface area (Å²) in [5.74, 6) is 0. The van der Waals surface area contributed by atoms with Gasteiger partial charge >= 0.3 is 0 Å². The van der Waals surface area contributed by atoms with E-state index in [1.54, 1.807) is 4.90 Å². The summed E-state index contributed by atoms with van der Waals surface area (Å²) < 4.78 is 0. The van der Waals surface area contributed by atoms with Crippen LogP contribution in [0.15, 0.2) is 121 Å². The van der Waals surface area contributed by atoms with E-state index in [1.807, 2.05) is 0 Å². The second kappa shape index (κ2) is 12.4. The average Bonchev–Trinajstić information content (AvgIpc) is 2.88. The summed E-state index contributed by atoms with van der Waals surface area (Å²) in [6, 6.07) is 45.1. The highest BCUT2D eigenvalue weighted by Crippen LogP contribution is 2.09. The summed E-state index contributed by atoms with van der Waals surface area (Å²) in [6.07, 6.45) is -1.22. The predicted octanol–water partition coefficient (Wildman–Crippen LogP) is 3.77. The fraction of sp³-hybridized carbons (Fsp3) is 0.250. The largest absolute Gasteiger partial charge is 0.331 e.